The van der Waals surface area contributed by atoms with Crippen molar-refractivity contribution >= 4 is 90.7 Å². The zero-order valence-electron chi connectivity index (χ0n) is 32.9. The van der Waals surface area contributed by atoms with Gasteiger partial charge in [-0.15, -0.1) is 0 Å². The molecule has 0 amide bonds. The van der Waals surface area contributed by atoms with Crippen molar-refractivity contribution in [2.45, 2.75) is 166 Å². The van der Waals surface area contributed by atoms with Crippen molar-refractivity contribution in [2.75, 3.05) is 0 Å². The van der Waals surface area contributed by atoms with Crippen LogP contribution in [0.5, 0.6) is 0 Å². The first-order valence-electron chi connectivity index (χ1n) is 20.0. The molecule has 6 nitrogen and oxygen atoms in total. The van der Waals surface area contributed by atoms with E-state index >= 15 is 0 Å². The fourth-order valence-electron chi connectivity index (χ4n) is 7.25. The third-order valence-electron chi connectivity index (χ3n) is 10.1. The Bertz CT molecular complexity index is 1770. The van der Waals surface area contributed by atoms with Crippen LogP contribution in [0.2, 0.25) is 0 Å². The van der Waals surface area contributed by atoms with Gasteiger partial charge in [0.05, 0.1) is 9.79 Å². The van der Waals surface area contributed by atoms with Gasteiger partial charge in [0, 0.05) is 10.8 Å². The Kier molecular flexibility index (Phi) is 22.7. The van der Waals surface area contributed by atoms with Crippen LogP contribution in [0.1, 0.15) is 153 Å². The average Bonchev–Trinajstić information content (AvgIpc) is 3.11. The summed E-state index contributed by atoms with van der Waals surface area (Å²) in [5, 5.41) is 3.19. The van der Waals surface area contributed by atoms with Crippen LogP contribution in [-0.2, 0) is 45.9 Å². The van der Waals surface area contributed by atoms with Gasteiger partial charge in [-0.1, -0.05) is 153 Å². The third kappa shape index (κ3) is 15.3. The van der Waals surface area contributed by atoms with Gasteiger partial charge in [0.1, 0.15) is 20.2 Å². The first-order valence-corrected chi connectivity index (χ1v) is 22.8. The molecule has 4 rings (SSSR count). The average molecular weight is 888 g/mol. The van der Waals surface area contributed by atoms with Crippen LogP contribution in [0.3, 0.4) is 0 Å². The van der Waals surface area contributed by atoms with E-state index in [1.54, 1.807) is 0 Å². The Hall–Kier alpha value is -1.21. The molecule has 0 atom stereocenters. The summed E-state index contributed by atoms with van der Waals surface area (Å²) >= 11 is 0. The Morgan fingerprint density at radius 2 is 0.698 bits per heavy atom. The van der Waals surface area contributed by atoms with Crippen molar-refractivity contribution in [3.63, 3.8) is 0 Å². The molecule has 0 radical (unpaired) electrons. The van der Waals surface area contributed by atoms with Gasteiger partial charge in [-0.25, -0.2) is 16.8 Å². The minimum atomic E-state index is -4.48. The van der Waals surface area contributed by atoms with Gasteiger partial charge in [-0.05, 0) is 96.5 Å². The summed E-state index contributed by atoms with van der Waals surface area (Å²) in [6.07, 6.45) is 21.8. The van der Waals surface area contributed by atoms with E-state index in [1.165, 1.54) is 63.5 Å². The first kappa shape index (κ1) is 47.9. The molecule has 0 heterocycles. The van der Waals surface area contributed by atoms with Crippen LogP contribution in [0, 0.1) is 0 Å². The Balaban J connectivity index is 0.000000360. The summed E-state index contributed by atoms with van der Waals surface area (Å²) in [4.78, 5) is -0.119. The maximum Gasteiger partial charge on any atom is 2.00 e. The molecule has 0 aliphatic heterocycles. The van der Waals surface area contributed by atoms with E-state index in [1.807, 2.05) is 48.5 Å². The van der Waals surface area contributed by atoms with E-state index in [9.17, 15) is 25.9 Å². The fourth-order valence-corrected chi connectivity index (χ4v) is 8.71. The van der Waals surface area contributed by atoms with Crippen LogP contribution in [0.25, 0.3) is 21.5 Å². The summed E-state index contributed by atoms with van der Waals surface area (Å²) in [6, 6.07) is 18.6. The van der Waals surface area contributed by atoms with Crippen molar-refractivity contribution in [1.82, 2.24) is 0 Å². The van der Waals surface area contributed by atoms with E-state index in [2.05, 4.69) is 27.7 Å². The molecule has 0 aliphatic carbocycles. The summed E-state index contributed by atoms with van der Waals surface area (Å²) in [6.45, 7) is 8.72. The van der Waals surface area contributed by atoms with E-state index < -0.39 is 20.2 Å². The SMILES string of the molecule is CCCCCCc1ccc(S(=O)(=O)[O-])c2c(CCCCCC)cccc12.CCCCCCc1ccc(S(=O)(=O)[O-])c2c(CCCCCC)cccc12.[Ba+2]. The van der Waals surface area contributed by atoms with Gasteiger partial charge in [-0.3, -0.25) is 0 Å². The van der Waals surface area contributed by atoms with Crippen LogP contribution < -0.4 is 0 Å². The first-order chi connectivity index (χ1) is 25.0. The molecular weight excluding hydrogens is 826 g/mol. The van der Waals surface area contributed by atoms with Crippen molar-refractivity contribution in [3.05, 3.63) is 82.9 Å². The van der Waals surface area contributed by atoms with Crippen molar-refractivity contribution < 1.29 is 25.9 Å². The molecular formula is C44H62BaO6S2. The van der Waals surface area contributed by atoms with E-state index in [-0.39, 0.29) is 58.7 Å². The smallest absolute Gasteiger partial charge is 0.744 e. The van der Waals surface area contributed by atoms with E-state index in [0.29, 0.717) is 10.8 Å². The standard InChI is InChI=1S/2C22H32O3S.Ba/c2*1-3-5-7-9-12-18-16-17-21(26(23,24)25)22-19(13-10-8-6-4-2)14-11-15-20(18)22;/h2*11,14-17H,3-10,12-13H2,1-2H3,(H,23,24,25);/q;;+2/p-2. The topological polar surface area (TPSA) is 114 Å². The van der Waals surface area contributed by atoms with E-state index in [4.69, 9.17) is 0 Å². The number of rotatable bonds is 22. The van der Waals surface area contributed by atoms with Gasteiger partial charge in [0.15, 0.2) is 0 Å². The number of benzene rings is 4. The second kappa shape index (κ2) is 25.1. The number of hydrogen-bond donors (Lipinski definition) is 0. The zero-order chi connectivity index (χ0) is 38.0. The monoisotopic (exact) mass is 888 g/mol. The second-order valence-electron chi connectivity index (χ2n) is 14.3. The van der Waals surface area contributed by atoms with Gasteiger partial charge in [0.25, 0.3) is 0 Å². The number of unbranched alkanes of at least 4 members (excludes halogenated alkanes) is 12. The zero-order valence-corrected chi connectivity index (χ0v) is 39.0. The molecule has 0 spiro atoms. The summed E-state index contributed by atoms with van der Waals surface area (Å²) < 4.78 is 71.0. The molecule has 0 fully saturated rings. The molecule has 9 heteroatoms. The second-order valence-corrected chi connectivity index (χ2v) is 17.0. The van der Waals surface area contributed by atoms with Gasteiger partial charge in [0.2, 0.25) is 0 Å². The van der Waals surface area contributed by atoms with Crippen LogP contribution in [-0.4, -0.2) is 74.8 Å². The van der Waals surface area contributed by atoms with Gasteiger partial charge in [-0.2, -0.15) is 0 Å². The Morgan fingerprint density at radius 3 is 0.981 bits per heavy atom. The minimum Gasteiger partial charge on any atom is -0.744 e. The predicted octanol–water partition coefficient (Wildman–Crippen LogP) is 11.6. The molecule has 0 saturated heterocycles. The maximum atomic E-state index is 11.8. The molecule has 53 heavy (non-hydrogen) atoms. The van der Waals surface area contributed by atoms with Crippen LogP contribution in [0.4, 0.5) is 0 Å². The number of fused-ring (bicyclic) bond motifs is 2. The fraction of sp³-hybridized carbons (Fsp3) is 0.545. The molecule has 4 aromatic carbocycles. The van der Waals surface area contributed by atoms with Crippen molar-refractivity contribution in [1.29, 1.82) is 0 Å². The summed E-state index contributed by atoms with van der Waals surface area (Å²) in [5.41, 5.74) is 4.28. The molecule has 0 aromatic heterocycles. The normalized spacial score (nSPS) is 11.7. The number of aryl methyl sites for hydroxylation is 4. The molecule has 0 saturated carbocycles. The summed E-state index contributed by atoms with van der Waals surface area (Å²) in [7, 11) is -8.97. The molecule has 0 N–H and O–H groups in total. The van der Waals surface area contributed by atoms with Gasteiger partial charge >= 0.3 is 48.9 Å². The van der Waals surface area contributed by atoms with Crippen LogP contribution >= 0.6 is 0 Å². The Labute approximate surface area is 361 Å². The third-order valence-corrected chi connectivity index (χ3v) is 11.9. The van der Waals surface area contributed by atoms with Crippen molar-refractivity contribution in [3.8, 4) is 0 Å². The van der Waals surface area contributed by atoms with E-state index in [0.717, 1.165) is 110 Å². The molecule has 288 valence electrons. The van der Waals surface area contributed by atoms with Crippen LogP contribution in [0.15, 0.2) is 70.5 Å². The quantitative estimate of drug-likeness (QED) is 0.0441. The molecule has 0 bridgehead atoms. The van der Waals surface area contributed by atoms with Crippen molar-refractivity contribution in [2.24, 2.45) is 0 Å². The maximum absolute atomic E-state index is 11.8. The predicted molar refractivity (Wildman–Crippen MR) is 221 cm³/mol. The molecule has 4 aromatic rings. The largest absolute Gasteiger partial charge is 2.00 e. The van der Waals surface area contributed by atoms with Gasteiger partial charge < -0.3 is 9.11 Å². The number of hydrogen-bond acceptors (Lipinski definition) is 6. The summed E-state index contributed by atoms with van der Waals surface area (Å²) in [5.74, 6) is 0. The minimum absolute atomic E-state index is 0. The Morgan fingerprint density at radius 1 is 0.396 bits per heavy atom. The molecule has 0 aliphatic rings. The molecule has 0 unspecified atom stereocenters.